The Balaban J connectivity index is 1.30. The van der Waals surface area contributed by atoms with Gasteiger partial charge in [-0.15, -0.1) is 0 Å². The molecule has 218 valence electrons. The molecule has 2 aliphatic carbocycles. The van der Waals surface area contributed by atoms with Crippen molar-refractivity contribution < 1.29 is 9.53 Å². The maximum atomic E-state index is 13.8. The number of hydrogen-bond donors (Lipinski definition) is 1. The largest absolute Gasteiger partial charge is 0.494 e. The molecule has 4 heterocycles. The molecule has 1 saturated heterocycles. The van der Waals surface area contributed by atoms with Crippen LogP contribution in [-0.4, -0.2) is 60.4 Å². The van der Waals surface area contributed by atoms with Crippen molar-refractivity contribution in [2.75, 3.05) is 13.7 Å². The number of aromatic nitrogens is 5. The third-order valence-electron chi connectivity index (χ3n) is 9.63. The van der Waals surface area contributed by atoms with E-state index < -0.39 is 0 Å². The van der Waals surface area contributed by atoms with E-state index in [1.807, 2.05) is 23.2 Å². The highest BCUT2D eigenvalue weighted by atomic mass is 16.5. The van der Waals surface area contributed by atoms with Gasteiger partial charge >= 0.3 is 0 Å². The smallest absolute Gasteiger partial charge is 0.254 e. The highest BCUT2D eigenvalue weighted by molar-refractivity contribution is 6.00. The van der Waals surface area contributed by atoms with E-state index in [1.165, 1.54) is 23.7 Å². The number of nitrogens with zero attached hydrogens (tertiary/aromatic N) is 7. The summed E-state index contributed by atoms with van der Waals surface area (Å²) in [7, 11) is 1.64. The van der Waals surface area contributed by atoms with Gasteiger partial charge in [0.05, 0.1) is 37.1 Å². The van der Waals surface area contributed by atoms with Crippen molar-refractivity contribution in [1.29, 1.82) is 5.26 Å². The number of para-hydroxylation sites is 1. The number of hydrogen-bond acceptors (Lipinski definition) is 6. The summed E-state index contributed by atoms with van der Waals surface area (Å²) in [5, 5.41) is 14.7. The number of piperidine rings is 1. The molecule has 3 aliphatic rings. The van der Waals surface area contributed by atoms with E-state index in [0.717, 1.165) is 42.0 Å². The predicted molar refractivity (Wildman–Crippen MR) is 162 cm³/mol. The van der Waals surface area contributed by atoms with E-state index in [4.69, 9.17) is 15.5 Å². The normalized spacial score (nSPS) is 21.2. The van der Waals surface area contributed by atoms with Crippen LogP contribution < -0.4 is 10.5 Å². The average molecular weight is 575 g/mol. The number of carbonyl (C=O) groups excluding carboxylic acids is 1. The fraction of sp³-hybridized carbons (Fsp3) is 0.394. The maximum absolute atomic E-state index is 13.8. The first kappa shape index (κ1) is 26.0. The first-order valence-corrected chi connectivity index (χ1v) is 15.1. The Bertz CT molecular complexity index is 1920. The van der Waals surface area contributed by atoms with Gasteiger partial charge in [0, 0.05) is 53.4 Å². The molecular formula is C33H34N8O2. The van der Waals surface area contributed by atoms with Crippen LogP contribution in [0, 0.1) is 23.2 Å². The highest BCUT2D eigenvalue weighted by Gasteiger charge is 2.47. The van der Waals surface area contributed by atoms with Crippen molar-refractivity contribution >= 4 is 27.8 Å². The Kier molecular flexibility index (Phi) is 6.05. The van der Waals surface area contributed by atoms with Crippen molar-refractivity contribution in [3.05, 3.63) is 66.0 Å². The van der Waals surface area contributed by atoms with Crippen LogP contribution >= 0.6 is 0 Å². The van der Waals surface area contributed by atoms with E-state index in [-0.39, 0.29) is 24.5 Å². The topological polar surface area (TPSA) is 120 Å². The quantitative estimate of drug-likeness (QED) is 0.293. The Morgan fingerprint density at radius 2 is 2.00 bits per heavy atom. The Labute approximate surface area is 249 Å². The summed E-state index contributed by atoms with van der Waals surface area (Å²) in [4.78, 5) is 21.0. The minimum Gasteiger partial charge on any atom is -0.494 e. The van der Waals surface area contributed by atoms with Gasteiger partial charge in [0.2, 0.25) is 0 Å². The van der Waals surface area contributed by atoms with Crippen molar-refractivity contribution in [2.24, 2.45) is 17.6 Å². The number of carbonyl (C=O) groups is 1. The standard InChI is InChI=1S/C33H34N8O2/c1-43-29-14-24(33(42)40-19-23-8-9-27(40)30(23)35)12-25-31(29)41(18-21-15-36-38(16-21)11-10-34)32(37-25)28-13-22-4-2-3-5-26(22)39(28)17-20-6-7-20/h2-5,12-16,20,23,27,30H,6-9,11,17-19,35H2,1H3/t23?,27?,30-/m1/s1. The van der Waals surface area contributed by atoms with Crippen LogP contribution in [0.2, 0.25) is 0 Å². The second-order valence-electron chi connectivity index (χ2n) is 12.4. The SMILES string of the molecule is COc1cc(C(=O)N2CC3CCC2[C@@H]3N)cc2nc(-c3cc4ccccc4n3CC3CC3)n(Cc3cnn(CC#N)c3)c12. The molecule has 2 N–H and O–H groups in total. The van der Waals surface area contributed by atoms with Crippen LogP contribution in [0.3, 0.4) is 0 Å². The fourth-order valence-electron chi connectivity index (χ4n) is 7.29. The monoisotopic (exact) mass is 574 g/mol. The van der Waals surface area contributed by atoms with Crippen molar-refractivity contribution in [3.8, 4) is 23.3 Å². The highest BCUT2D eigenvalue weighted by Crippen LogP contribution is 2.40. The van der Waals surface area contributed by atoms with E-state index >= 15 is 0 Å². The number of nitrogens with two attached hydrogens (primary N) is 1. The Morgan fingerprint density at radius 3 is 2.74 bits per heavy atom. The summed E-state index contributed by atoms with van der Waals surface area (Å²) in [5.41, 5.74) is 11.7. The van der Waals surface area contributed by atoms with Gasteiger partial charge in [-0.25, -0.2) is 4.98 Å². The number of ether oxygens (including phenoxy) is 1. The van der Waals surface area contributed by atoms with Crippen LogP contribution in [0.1, 0.15) is 41.6 Å². The molecule has 3 fully saturated rings. The molecule has 1 amide bonds. The van der Waals surface area contributed by atoms with Crippen LogP contribution in [0.5, 0.6) is 5.75 Å². The molecule has 2 aromatic carbocycles. The number of nitriles is 1. The van der Waals surface area contributed by atoms with Gasteiger partial charge in [0.1, 0.15) is 17.8 Å². The van der Waals surface area contributed by atoms with E-state index in [0.29, 0.717) is 41.8 Å². The second kappa shape index (κ2) is 9.99. The molecule has 2 bridgehead atoms. The summed E-state index contributed by atoms with van der Waals surface area (Å²) in [6.45, 7) is 2.31. The van der Waals surface area contributed by atoms with Crippen molar-refractivity contribution in [1.82, 2.24) is 28.8 Å². The van der Waals surface area contributed by atoms with Crippen LogP contribution in [0.4, 0.5) is 0 Å². The molecular weight excluding hydrogens is 540 g/mol. The van der Waals surface area contributed by atoms with Crippen molar-refractivity contribution in [3.63, 3.8) is 0 Å². The van der Waals surface area contributed by atoms with Crippen LogP contribution in [0.15, 0.2) is 54.9 Å². The minimum absolute atomic E-state index is 0.0143. The predicted octanol–water partition coefficient (Wildman–Crippen LogP) is 4.41. The van der Waals surface area contributed by atoms with E-state index in [1.54, 1.807) is 18.0 Å². The number of rotatable bonds is 8. The molecule has 43 heavy (non-hydrogen) atoms. The molecule has 10 nitrogen and oxygen atoms in total. The first-order chi connectivity index (χ1) is 21.0. The summed E-state index contributed by atoms with van der Waals surface area (Å²) in [6.07, 6.45) is 8.22. The number of methoxy groups -OCH3 is 1. The van der Waals surface area contributed by atoms with Crippen LogP contribution in [0.25, 0.3) is 33.5 Å². The first-order valence-electron chi connectivity index (χ1n) is 15.1. The zero-order chi connectivity index (χ0) is 29.2. The summed E-state index contributed by atoms with van der Waals surface area (Å²) in [6, 6.07) is 16.7. The van der Waals surface area contributed by atoms with Gasteiger partial charge in [0.15, 0.2) is 5.82 Å². The lowest BCUT2D eigenvalue weighted by Crippen LogP contribution is -2.41. The summed E-state index contributed by atoms with van der Waals surface area (Å²) >= 11 is 0. The summed E-state index contributed by atoms with van der Waals surface area (Å²) in [5.74, 6) is 2.44. The van der Waals surface area contributed by atoms with Gasteiger partial charge in [0.25, 0.3) is 5.91 Å². The van der Waals surface area contributed by atoms with E-state index in [9.17, 15) is 10.1 Å². The Morgan fingerprint density at radius 1 is 1.14 bits per heavy atom. The minimum atomic E-state index is -0.0143. The lowest BCUT2D eigenvalue weighted by atomic mass is 10.1. The van der Waals surface area contributed by atoms with Gasteiger partial charge in [-0.3, -0.25) is 9.48 Å². The molecule has 8 rings (SSSR count). The zero-order valence-corrected chi connectivity index (χ0v) is 24.2. The molecule has 5 aromatic rings. The lowest BCUT2D eigenvalue weighted by Gasteiger charge is -2.27. The number of likely N-dealkylation sites (tertiary alicyclic amines) is 1. The van der Waals surface area contributed by atoms with Gasteiger partial charge in [-0.05, 0) is 61.8 Å². The fourth-order valence-corrected chi connectivity index (χ4v) is 7.29. The maximum Gasteiger partial charge on any atom is 0.254 e. The summed E-state index contributed by atoms with van der Waals surface area (Å²) < 4.78 is 12.2. The number of amides is 1. The van der Waals surface area contributed by atoms with Gasteiger partial charge in [-0.2, -0.15) is 10.4 Å². The molecule has 2 unspecified atom stereocenters. The molecule has 3 aromatic heterocycles. The molecule has 0 radical (unpaired) electrons. The van der Waals surface area contributed by atoms with Crippen molar-refractivity contribution in [2.45, 2.75) is 57.4 Å². The third-order valence-corrected chi connectivity index (χ3v) is 9.63. The van der Waals surface area contributed by atoms with Gasteiger partial charge < -0.3 is 24.5 Å². The second-order valence-corrected chi connectivity index (χ2v) is 12.4. The zero-order valence-electron chi connectivity index (χ0n) is 24.2. The third kappa shape index (κ3) is 4.29. The molecule has 0 spiro atoms. The lowest BCUT2D eigenvalue weighted by molar-refractivity contribution is 0.0700. The van der Waals surface area contributed by atoms with E-state index in [2.05, 4.69) is 50.6 Å². The Hall–Kier alpha value is -4.62. The van der Waals surface area contributed by atoms with Crippen LogP contribution in [-0.2, 0) is 19.6 Å². The molecule has 2 saturated carbocycles. The molecule has 1 aliphatic heterocycles. The number of fused-ring (bicyclic) bond motifs is 4. The van der Waals surface area contributed by atoms with Gasteiger partial charge in [-0.1, -0.05) is 18.2 Å². The average Bonchev–Trinajstić information content (AvgIpc) is 3.31. The number of benzene rings is 2. The molecule has 3 atom stereocenters. The number of imidazole rings is 1. The molecule has 10 heteroatoms.